The maximum absolute atomic E-state index is 5.37. The van der Waals surface area contributed by atoms with Gasteiger partial charge in [-0.3, -0.25) is 0 Å². The monoisotopic (exact) mass is 193 g/mol. The van der Waals surface area contributed by atoms with Crippen molar-refractivity contribution in [1.29, 1.82) is 0 Å². The molecule has 0 spiro atoms. The Balaban J connectivity index is 2.08. The maximum Gasteiger partial charge on any atom is 0.108 e. The second-order valence-electron chi connectivity index (χ2n) is 3.86. The second kappa shape index (κ2) is 3.26. The summed E-state index contributed by atoms with van der Waals surface area (Å²) in [6.45, 7) is 3.11. The molecule has 1 nitrogen and oxygen atoms in total. The van der Waals surface area contributed by atoms with Crippen molar-refractivity contribution >= 4 is 17.2 Å². The Kier molecular flexibility index (Phi) is 2.24. The minimum absolute atomic E-state index is 0.795. The predicted octanol–water partition coefficient (Wildman–Crippen LogP) is 2.40. The first-order chi connectivity index (χ1) is 6.22. The molecule has 13 heavy (non-hydrogen) atoms. The first kappa shape index (κ1) is 8.95. The van der Waals surface area contributed by atoms with Gasteiger partial charge >= 0.3 is 0 Å². The lowest BCUT2D eigenvalue weighted by atomic mass is 10.1. The highest BCUT2D eigenvalue weighted by atomic mass is 32.1. The van der Waals surface area contributed by atoms with Gasteiger partial charge in [-0.05, 0) is 25.2 Å². The van der Waals surface area contributed by atoms with Gasteiger partial charge in [-0.25, -0.2) is 0 Å². The Morgan fingerprint density at radius 3 is 3.00 bits per heavy atom. The molecule has 0 aromatic heterocycles. The van der Waals surface area contributed by atoms with Gasteiger partial charge in [-0.2, -0.15) is 0 Å². The lowest BCUT2D eigenvalue weighted by Crippen LogP contribution is -2.25. The number of nitrogens with zero attached hydrogens (tertiary/aromatic N) is 1. The molecule has 0 heterocycles. The van der Waals surface area contributed by atoms with Crippen LogP contribution in [0.5, 0.6) is 0 Å². The molecule has 1 saturated carbocycles. The van der Waals surface area contributed by atoms with Gasteiger partial charge in [-0.1, -0.05) is 30.4 Å². The van der Waals surface area contributed by atoms with Gasteiger partial charge in [0.15, 0.2) is 0 Å². The number of fused-ring (bicyclic) bond motifs is 1. The third kappa shape index (κ3) is 1.68. The Morgan fingerprint density at radius 2 is 2.38 bits per heavy atom. The molecule has 0 N–H and O–H groups in total. The van der Waals surface area contributed by atoms with Gasteiger partial charge < -0.3 is 4.90 Å². The highest BCUT2D eigenvalue weighted by Gasteiger charge is 2.35. The molecule has 0 aromatic rings. The van der Waals surface area contributed by atoms with Crippen molar-refractivity contribution in [1.82, 2.24) is 4.90 Å². The molecule has 2 aliphatic rings. The Morgan fingerprint density at radius 1 is 1.62 bits per heavy atom. The van der Waals surface area contributed by atoms with E-state index in [1.54, 1.807) is 0 Å². The number of hydrogen-bond acceptors (Lipinski definition) is 1. The SMILES string of the molecule is CCN(C)C(=S)C1=CC2CC2C=C1. The van der Waals surface area contributed by atoms with Crippen molar-refractivity contribution in [3.8, 4) is 0 Å². The summed E-state index contributed by atoms with van der Waals surface area (Å²) < 4.78 is 0. The van der Waals surface area contributed by atoms with Gasteiger partial charge in [0, 0.05) is 19.2 Å². The summed E-state index contributed by atoms with van der Waals surface area (Å²) in [7, 11) is 2.05. The van der Waals surface area contributed by atoms with E-state index in [9.17, 15) is 0 Å². The molecule has 0 aromatic carbocycles. The third-order valence-corrected chi connectivity index (χ3v) is 3.42. The summed E-state index contributed by atoms with van der Waals surface area (Å²) in [6, 6.07) is 0. The number of hydrogen-bond donors (Lipinski definition) is 0. The van der Waals surface area contributed by atoms with Crippen LogP contribution < -0.4 is 0 Å². The average molecular weight is 193 g/mol. The van der Waals surface area contributed by atoms with Gasteiger partial charge in [0.25, 0.3) is 0 Å². The van der Waals surface area contributed by atoms with Crippen molar-refractivity contribution < 1.29 is 0 Å². The van der Waals surface area contributed by atoms with Crippen LogP contribution in [0.15, 0.2) is 23.8 Å². The largest absolute Gasteiger partial charge is 0.366 e. The van der Waals surface area contributed by atoms with E-state index in [-0.39, 0.29) is 0 Å². The van der Waals surface area contributed by atoms with Crippen LogP contribution in [-0.4, -0.2) is 23.5 Å². The Hall–Kier alpha value is -0.630. The topological polar surface area (TPSA) is 3.24 Å². The molecule has 0 saturated heterocycles. The summed E-state index contributed by atoms with van der Waals surface area (Å²) in [5.74, 6) is 1.63. The van der Waals surface area contributed by atoms with Crippen molar-refractivity contribution in [2.24, 2.45) is 11.8 Å². The van der Waals surface area contributed by atoms with E-state index in [4.69, 9.17) is 12.2 Å². The predicted molar refractivity (Wildman–Crippen MR) is 59.7 cm³/mol. The molecule has 0 amide bonds. The third-order valence-electron chi connectivity index (χ3n) is 2.88. The average Bonchev–Trinajstić information content (AvgIpc) is 2.92. The van der Waals surface area contributed by atoms with Crippen LogP contribution in [0.3, 0.4) is 0 Å². The van der Waals surface area contributed by atoms with Gasteiger partial charge in [-0.15, -0.1) is 0 Å². The van der Waals surface area contributed by atoms with Crippen LogP contribution in [-0.2, 0) is 0 Å². The fourth-order valence-electron chi connectivity index (χ4n) is 1.67. The molecular weight excluding hydrogens is 178 g/mol. The highest BCUT2D eigenvalue weighted by Crippen LogP contribution is 2.44. The fraction of sp³-hybridized carbons (Fsp3) is 0.545. The molecule has 0 bridgehead atoms. The molecule has 2 heteroatoms. The zero-order valence-electron chi connectivity index (χ0n) is 8.16. The number of thiocarbonyl (C=S) groups is 1. The zero-order chi connectivity index (χ0) is 9.42. The van der Waals surface area contributed by atoms with Crippen LogP contribution >= 0.6 is 12.2 Å². The van der Waals surface area contributed by atoms with Crippen molar-refractivity contribution in [2.45, 2.75) is 13.3 Å². The molecule has 2 rings (SSSR count). The quantitative estimate of drug-likeness (QED) is 0.620. The van der Waals surface area contributed by atoms with Gasteiger partial charge in [0.1, 0.15) is 4.99 Å². The zero-order valence-corrected chi connectivity index (χ0v) is 8.97. The van der Waals surface area contributed by atoms with E-state index in [1.807, 2.05) is 0 Å². The minimum atomic E-state index is 0.795. The van der Waals surface area contributed by atoms with E-state index < -0.39 is 0 Å². The molecule has 2 unspecified atom stereocenters. The van der Waals surface area contributed by atoms with Crippen LogP contribution in [0.25, 0.3) is 0 Å². The summed E-state index contributed by atoms with van der Waals surface area (Å²) >= 11 is 5.37. The lowest BCUT2D eigenvalue weighted by Gasteiger charge is -2.19. The number of likely N-dealkylation sites (N-methyl/N-ethyl adjacent to an activating group) is 1. The standard InChI is InChI=1S/C11H15NS/c1-3-12(2)11(13)9-5-4-8-6-10(8)7-9/h4-5,7-8,10H,3,6H2,1-2H3. The smallest absolute Gasteiger partial charge is 0.108 e. The van der Waals surface area contributed by atoms with E-state index in [2.05, 4.69) is 37.1 Å². The molecule has 2 aliphatic carbocycles. The lowest BCUT2D eigenvalue weighted by molar-refractivity contribution is 0.546. The number of rotatable bonds is 2. The van der Waals surface area contributed by atoms with Crippen molar-refractivity contribution in [2.75, 3.05) is 13.6 Å². The summed E-state index contributed by atoms with van der Waals surface area (Å²) in [6.07, 6.45) is 8.15. The molecule has 0 radical (unpaired) electrons. The summed E-state index contributed by atoms with van der Waals surface area (Å²) in [5.41, 5.74) is 1.25. The van der Waals surface area contributed by atoms with Crippen molar-refractivity contribution in [3.05, 3.63) is 23.8 Å². The maximum atomic E-state index is 5.37. The second-order valence-corrected chi connectivity index (χ2v) is 4.25. The molecule has 2 atom stereocenters. The van der Waals surface area contributed by atoms with Crippen LogP contribution in [0.2, 0.25) is 0 Å². The highest BCUT2D eigenvalue weighted by molar-refractivity contribution is 7.80. The molecule has 1 fully saturated rings. The molecule has 0 aliphatic heterocycles. The van der Waals surface area contributed by atoms with Crippen LogP contribution in [0.4, 0.5) is 0 Å². The molecular formula is C11H15NS. The van der Waals surface area contributed by atoms with Gasteiger partial charge in [0.05, 0.1) is 0 Å². The normalized spacial score (nSPS) is 29.2. The van der Waals surface area contributed by atoms with E-state index >= 15 is 0 Å². The Bertz CT molecular complexity index is 290. The van der Waals surface area contributed by atoms with E-state index in [0.29, 0.717) is 0 Å². The van der Waals surface area contributed by atoms with Crippen LogP contribution in [0.1, 0.15) is 13.3 Å². The minimum Gasteiger partial charge on any atom is -0.366 e. The molecule has 70 valence electrons. The van der Waals surface area contributed by atoms with Crippen molar-refractivity contribution in [3.63, 3.8) is 0 Å². The summed E-state index contributed by atoms with van der Waals surface area (Å²) in [5, 5.41) is 0. The van der Waals surface area contributed by atoms with Crippen LogP contribution in [0, 0.1) is 11.8 Å². The first-order valence-electron chi connectivity index (χ1n) is 4.88. The first-order valence-corrected chi connectivity index (χ1v) is 5.28. The Labute approximate surface area is 85.1 Å². The van der Waals surface area contributed by atoms with E-state index in [0.717, 1.165) is 23.4 Å². The van der Waals surface area contributed by atoms with E-state index in [1.165, 1.54) is 12.0 Å². The number of allylic oxidation sites excluding steroid dienone is 2. The fourth-order valence-corrected chi connectivity index (χ4v) is 1.93. The summed E-state index contributed by atoms with van der Waals surface area (Å²) in [4.78, 5) is 3.11. The van der Waals surface area contributed by atoms with Gasteiger partial charge in [0.2, 0.25) is 0 Å².